The molecule has 0 saturated heterocycles. The largest absolute Gasteiger partial charge is 0.380 e. The zero-order chi connectivity index (χ0) is 13.1. The van der Waals surface area contributed by atoms with Crippen LogP contribution in [0.15, 0.2) is 45.3 Å². The average molecular weight is 410 g/mol. The highest BCUT2D eigenvalue weighted by atomic mass is 79.9. The second kappa shape index (κ2) is 6.29. The molecule has 2 rings (SSSR count). The van der Waals surface area contributed by atoms with Gasteiger partial charge >= 0.3 is 0 Å². The fourth-order valence-corrected chi connectivity index (χ4v) is 2.79. The molecule has 1 nitrogen and oxygen atoms in total. The van der Waals surface area contributed by atoms with Crippen LogP contribution in [-0.4, -0.2) is 0 Å². The van der Waals surface area contributed by atoms with E-state index >= 15 is 0 Å². The van der Waals surface area contributed by atoms with Gasteiger partial charge in [0.15, 0.2) is 0 Å². The van der Waals surface area contributed by atoms with Gasteiger partial charge in [-0.15, -0.1) is 0 Å². The summed E-state index contributed by atoms with van der Waals surface area (Å²) in [5, 5.41) is 4.73. The fraction of sp³-hybridized carbons (Fsp3) is 0.0769. The molecule has 0 unspecified atom stereocenters. The molecule has 1 N–H and O–H groups in total. The van der Waals surface area contributed by atoms with Crippen LogP contribution < -0.4 is 5.32 Å². The highest BCUT2D eigenvalue weighted by molar-refractivity contribution is 9.10. The molecule has 94 valence electrons. The quantitative estimate of drug-likeness (QED) is 0.642. The Kier molecular flexibility index (Phi) is 4.96. The van der Waals surface area contributed by atoms with Crippen LogP contribution in [-0.2, 0) is 6.54 Å². The molecule has 18 heavy (non-hydrogen) atoms. The van der Waals surface area contributed by atoms with Crippen molar-refractivity contribution < 1.29 is 0 Å². The van der Waals surface area contributed by atoms with Crippen LogP contribution in [0.5, 0.6) is 0 Å². The topological polar surface area (TPSA) is 12.0 Å². The van der Waals surface area contributed by atoms with Crippen molar-refractivity contribution in [2.45, 2.75) is 6.54 Å². The van der Waals surface area contributed by atoms with Gasteiger partial charge in [-0.05, 0) is 51.8 Å². The third kappa shape index (κ3) is 3.64. The maximum absolute atomic E-state index is 6.16. The predicted octanol–water partition coefficient (Wildman–Crippen LogP) is 6.13. The number of benzene rings is 2. The van der Waals surface area contributed by atoms with Gasteiger partial charge < -0.3 is 5.32 Å². The lowest BCUT2D eigenvalue weighted by Gasteiger charge is -2.10. The second-order valence-electron chi connectivity index (χ2n) is 3.71. The number of rotatable bonds is 3. The molecule has 2 aromatic carbocycles. The maximum Gasteiger partial charge on any atom is 0.0502 e. The van der Waals surface area contributed by atoms with Crippen molar-refractivity contribution in [1.82, 2.24) is 0 Å². The van der Waals surface area contributed by atoms with Gasteiger partial charge in [0.25, 0.3) is 0 Å². The summed E-state index contributed by atoms with van der Waals surface area (Å²) in [6.07, 6.45) is 0. The van der Waals surface area contributed by atoms with E-state index in [-0.39, 0.29) is 0 Å². The van der Waals surface area contributed by atoms with Gasteiger partial charge in [0.05, 0.1) is 5.69 Å². The van der Waals surface area contributed by atoms with Crippen LogP contribution in [0.25, 0.3) is 0 Å². The number of anilines is 1. The number of halogens is 4. The Morgan fingerprint density at radius 1 is 1.00 bits per heavy atom. The first kappa shape index (κ1) is 14.2. The van der Waals surface area contributed by atoms with E-state index in [9.17, 15) is 0 Å². The summed E-state index contributed by atoms with van der Waals surface area (Å²) in [5.74, 6) is 0. The first-order valence-corrected chi connectivity index (χ1v) is 7.53. The van der Waals surface area contributed by atoms with Crippen molar-refractivity contribution in [3.63, 3.8) is 0 Å². The van der Waals surface area contributed by atoms with E-state index < -0.39 is 0 Å². The van der Waals surface area contributed by atoms with Crippen molar-refractivity contribution in [3.8, 4) is 0 Å². The molecule has 0 aliphatic carbocycles. The molecule has 0 spiro atoms. The van der Waals surface area contributed by atoms with Crippen LogP contribution in [0, 0.1) is 0 Å². The smallest absolute Gasteiger partial charge is 0.0502 e. The minimum atomic E-state index is 0.644. The minimum Gasteiger partial charge on any atom is -0.380 e. The number of hydrogen-bond donors (Lipinski definition) is 1. The molecule has 0 aliphatic heterocycles. The first-order chi connectivity index (χ1) is 8.56. The van der Waals surface area contributed by atoms with E-state index in [0.717, 1.165) is 25.2 Å². The molecule has 0 atom stereocenters. The fourth-order valence-electron chi connectivity index (χ4n) is 1.49. The molecule has 0 heterocycles. The van der Waals surface area contributed by atoms with Crippen molar-refractivity contribution >= 4 is 60.7 Å². The Morgan fingerprint density at radius 3 is 2.50 bits per heavy atom. The summed E-state index contributed by atoms with van der Waals surface area (Å²) in [6, 6.07) is 11.5. The molecule has 0 fully saturated rings. The SMILES string of the molecule is Clc1ccc(Br)c(NCc2ccc(Br)cc2Cl)c1. The maximum atomic E-state index is 6.16. The molecule has 0 saturated carbocycles. The monoisotopic (exact) mass is 407 g/mol. The van der Waals surface area contributed by atoms with E-state index in [4.69, 9.17) is 23.2 Å². The number of nitrogens with one attached hydrogen (secondary N) is 1. The molecule has 0 amide bonds. The highest BCUT2D eigenvalue weighted by Gasteiger charge is 2.04. The molecule has 0 bridgehead atoms. The van der Waals surface area contributed by atoms with Crippen molar-refractivity contribution in [1.29, 1.82) is 0 Å². The van der Waals surface area contributed by atoms with Gasteiger partial charge in [0.2, 0.25) is 0 Å². The first-order valence-electron chi connectivity index (χ1n) is 5.19. The van der Waals surface area contributed by atoms with Crippen LogP contribution in [0.2, 0.25) is 10.0 Å². The Labute approximate surface area is 133 Å². The van der Waals surface area contributed by atoms with Gasteiger partial charge in [-0.3, -0.25) is 0 Å². The van der Waals surface area contributed by atoms with E-state index in [1.165, 1.54) is 0 Å². The van der Waals surface area contributed by atoms with Crippen LogP contribution in [0.1, 0.15) is 5.56 Å². The summed E-state index contributed by atoms with van der Waals surface area (Å²) in [7, 11) is 0. The van der Waals surface area contributed by atoms with Crippen molar-refractivity contribution in [3.05, 3.63) is 61.0 Å². The Bertz CT molecular complexity index is 573. The van der Waals surface area contributed by atoms with Crippen molar-refractivity contribution in [2.24, 2.45) is 0 Å². The third-order valence-electron chi connectivity index (χ3n) is 2.41. The summed E-state index contributed by atoms with van der Waals surface area (Å²) in [5.41, 5.74) is 1.98. The normalized spacial score (nSPS) is 10.4. The second-order valence-corrected chi connectivity index (χ2v) is 6.33. The minimum absolute atomic E-state index is 0.644. The van der Waals surface area contributed by atoms with Gasteiger partial charge in [0.1, 0.15) is 0 Å². The summed E-state index contributed by atoms with van der Waals surface area (Å²) < 4.78 is 1.94. The van der Waals surface area contributed by atoms with E-state index in [1.54, 1.807) is 0 Å². The summed E-state index contributed by atoms with van der Waals surface area (Å²) in [4.78, 5) is 0. The van der Waals surface area contributed by atoms with Gasteiger partial charge in [-0.1, -0.05) is 45.2 Å². The van der Waals surface area contributed by atoms with E-state index in [2.05, 4.69) is 37.2 Å². The summed E-state index contributed by atoms with van der Waals surface area (Å²) >= 11 is 19.0. The van der Waals surface area contributed by atoms with Crippen molar-refractivity contribution in [2.75, 3.05) is 5.32 Å². The van der Waals surface area contributed by atoms with Gasteiger partial charge in [0, 0.05) is 25.5 Å². The lowest BCUT2D eigenvalue weighted by Crippen LogP contribution is -2.00. The molecule has 0 radical (unpaired) electrons. The third-order valence-corrected chi connectivity index (χ3v) is 4.18. The zero-order valence-electron chi connectivity index (χ0n) is 9.18. The van der Waals surface area contributed by atoms with Gasteiger partial charge in [-0.2, -0.15) is 0 Å². The molecule has 2 aromatic rings. The van der Waals surface area contributed by atoms with Crippen LogP contribution in [0.4, 0.5) is 5.69 Å². The Hall–Kier alpha value is -0.220. The molecule has 5 heteroatoms. The molecule has 0 aliphatic rings. The Morgan fingerprint density at radius 2 is 1.78 bits per heavy atom. The van der Waals surface area contributed by atoms with Gasteiger partial charge in [-0.25, -0.2) is 0 Å². The lowest BCUT2D eigenvalue weighted by molar-refractivity contribution is 1.14. The predicted molar refractivity (Wildman–Crippen MR) is 85.6 cm³/mol. The number of hydrogen-bond acceptors (Lipinski definition) is 1. The Balaban J connectivity index is 2.13. The highest BCUT2D eigenvalue weighted by Crippen LogP contribution is 2.27. The molecule has 0 aromatic heterocycles. The van der Waals surface area contributed by atoms with Crippen LogP contribution in [0.3, 0.4) is 0 Å². The molecular weight excluding hydrogens is 401 g/mol. The van der Waals surface area contributed by atoms with E-state index in [0.29, 0.717) is 11.6 Å². The average Bonchev–Trinajstić information content (AvgIpc) is 2.32. The summed E-state index contributed by atoms with van der Waals surface area (Å²) in [6.45, 7) is 0.644. The standard InChI is InChI=1S/C13H9Br2Cl2N/c14-9-2-1-8(12(17)5-9)7-18-13-6-10(16)3-4-11(13)15/h1-6,18H,7H2. The zero-order valence-corrected chi connectivity index (χ0v) is 13.9. The van der Waals surface area contributed by atoms with Crippen LogP contribution >= 0.6 is 55.1 Å². The lowest BCUT2D eigenvalue weighted by atomic mass is 10.2. The van der Waals surface area contributed by atoms with E-state index in [1.807, 2.05) is 36.4 Å². The molecular formula is C13H9Br2Cl2N.